The van der Waals surface area contributed by atoms with Crippen molar-refractivity contribution in [3.63, 3.8) is 0 Å². The van der Waals surface area contributed by atoms with Gasteiger partial charge in [-0.1, -0.05) is 11.8 Å². The molecule has 0 spiro atoms. The molecule has 3 heterocycles. The molecule has 1 aromatic rings. The number of carboxylic acids is 1. The maximum atomic E-state index is 12.0. The van der Waals surface area contributed by atoms with E-state index in [1.54, 1.807) is 18.5 Å². The third-order valence-electron chi connectivity index (χ3n) is 3.95. The molecule has 1 N–H and O–H groups in total. The predicted molar refractivity (Wildman–Crippen MR) is 77.9 cm³/mol. The van der Waals surface area contributed by atoms with Crippen LogP contribution in [0.4, 0.5) is 0 Å². The fourth-order valence-electron chi connectivity index (χ4n) is 2.87. The van der Waals surface area contributed by atoms with Crippen molar-refractivity contribution in [3.05, 3.63) is 21.8 Å². The SMILES string of the molecule is Cc1nnnn1/C=C\SC1=C(C(=O)[O-])N2C(=O)C(C(C)O)C2C1.[Na+]. The van der Waals surface area contributed by atoms with Crippen LogP contribution in [-0.4, -0.2) is 54.2 Å². The summed E-state index contributed by atoms with van der Waals surface area (Å²) in [7, 11) is 0. The van der Waals surface area contributed by atoms with Crippen LogP contribution in [0.2, 0.25) is 0 Å². The number of rotatable bonds is 5. The first kappa shape index (κ1) is 19.1. The number of carbonyl (C=O) groups excluding carboxylic acids is 2. The van der Waals surface area contributed by atoms with Crippen LogP contribution in [-0.2, 0) is 9.59 Å². The zero-order valence-electron chi connectivity index (χ0n) is 13.4. The van der Waals surface area contributed by atoms with Gasteiger partial charge in [0.15, 0.2) is 5.82 Å². The van der Waals surface area contributed by atoms with Gasteiger partial charge in [0, 0.05) is 17.5 Å². The van der Waals surface area contributed by atoms with Crippen molar-refractivity contribution in [1.29, 1.82) is 0 Å². The van der Waals surface area contributed by atoms with E-state index in [-0.39, 0.29) is 47.2 Å². The minimum Gasteiger partial charge on any atom is -0.543 e. The van der Waals surface area contributed by atoms with Gasteiger partial charge in [-0.15, -0.1) is 5.10 Å². The van der Waals surface area contributed by atoms with Crippen molar-refractivity contribution < 1.29 is 49.4 Å². The van der Waals surface area contributed by atoms with Crippen LogP contribution in [0.5, 0.6) is 0 Å². The number of aliphatic carboxylic acids is 1. The largest absolute Gasteiger partial charge is 1.00 e. The van der Waals surface area contributed by atoms with E-state index in [0.717, 1.165) is 0 Å². The van der Waals surface area contributed by atoms with Crippen molar-refractivity contribution in [1.82, 2.24) is 25.1 Å². The van der Waals surface area contributed by atoms with Gasteiger partial charge in [-0.2, -0.15) is 0 Å². The number of amides is 1. The zero-order chi connectivity index (χ0) is 16.7. The summed E-state index contributed by atoms with van der Waals surface area (Å²) in [6.45, 7) is 3.26. The summed E-state index contributed by atoms with van der Waals surface area (Å²) in [5.41, 5.74) is -0.111. The Hall–Kier alpha value is -1.20. The van der Waals surface area contributed by atoms with Crippen molar-refractivity contribution >= 4 is 29.8 Å². The molecule has 24 heavy (non-hydrogen) atoms. The Morgan fingerprint density at radius 3 is 2.79 bits per heavy atom. The summed E-state index contributed by atoms with van der Waals surface area (Å²) in [6, 6.07) is -0.318. The predicted octanol–water partition coefficient (Wildman–Crippen LogP) is -4.28. The molecule has 122 valence electrons. The molecule has 0 bridgehead atoms. The molecule has 0 aliphatic carbocycles. The Labute approximate surface area is 164 Å². The summed E-state index contributed by atoms with van der Waals surface area (Å²) >= 11 is 1.18. The van der Waals surface area contributed by atoms with Gasteiger partial charge in [0.2, 0.25) is 5.91 Å². The third kappa shape index (κ3) is 3.16. The number of fused-ring (bicyclic) bond motifs is 1. The van der Waals surface area contributed by atoms with Crippen molar-refractivity contribution in [2.75, 3.05) is 0 Å². The van der Waals surface area contributed by atoms with E-state index in [4.69, 9.17) is 0 Å². The molecule has 0 aromatic carbocycles. The molecule has 1 amide bonds. The first-order valence-corrected chi connectivity index (χ1v) is 7.83. The normalized spacial score (nSPS) is 24.0. The van der Waals surface area contributed by atoms with Crippen LogP contribution in [0.25, 0.3) is 6.20 Å². The van der Waals surface area contributed by atoms with Crippen molar-refractivity contribution in [2.24, 2.45) is 5.92 Å². The van der Waals surface area contributed by atoms with E-state index in [1.807, 2.05) is 0 Å². The van der Waals surface area contributed by atoms with Crippen LogP contribution in [0.15, 0.2) is 16.0 Å². The number of aliphatic hydroxyl groups is 1. The molecule has 0 saturated carbocycles. The standard InChI is InChI=1S/C13H15N5O4S.Na/c1-6(19)10-8-5-9(11(13(21)22)18(8)12(10)20)23-4-3-17-7(2)14-15-16-17;/h3-4,6,8,10,19H,5H2,1-2H3,(H,21,22);/q;+1/p-1/b4-3-;. The Morgan fingerprint density at radius 1 is 1.54 bits per heavy atom. The average molecular weight is 359 g/mol. The molecule has 3 unspecified atom stereocenters. The number of hydrogen-bond donors (Lipinski definition) is 1. The second-order valence-corrected chi connectivity index (χ2v) is 6.38. The van der Waals surface area contributed by atoms with E-state index in [0.29, 0.717) is 17.2 Å². The van der Waals surface area contributed by atoms with Crippen LogP contribution in [0, 0.1) is 12.8 Å². The number of aliphatic hydroxyl groups excluding tert-OH is 1. The number of β-lactam (4-membered cyclic amide) rings is 1. The number of aromatic nitrogens is 4. The number of carboxylic acid groups (broad SMARTS) is 1. The molecule has 9 nitrogen and oxygen atoms in total. The minimum atomic E-state index is -1.39. The molecule has 2 aliphatic rings. The van der Waals surface area contributed by atoms with Gasteiger partial charge in [-0.05, 0) is 29.7 Å². The Morgan fingerprint density at radius 2 is 2.25 bits per heavy atom. The first-order valence-electron chi connectivity index (χ1n) is 6.95. The Balaban J connectivity index is 0.00000208. The van der Waals surface area contributed by atoms with Crippen molar-refractivity contribution in [3.8, 4) is 0 Å². The van der Waals surface area contributed by atoms with Gasteiger partial charge in [0.25, 0.3) is 0 Å². The Kier molecular flexibility index (Phi) is 5.87. The van der Waals surface area contributed by atoms with Gasteiger partial charge in [0.05, 0.1) is 29.7 Å². The first-order chi connectivity index (χ1) is 10.9. The van der Waals surface area contributed by atoms with E-state index in [1.165, 1.54) is 28.3 Å². The van der Waals surface area contributed by atoms with Gasteiger partial charge in [-0.3, -0.25) is 4.79 Å². The summed E-state index contributed by atoms with van der Waals surface area (Å²) in [5.74, 6) is -1.73. The monoisotopic (exact) mass is 359 g/mol. The van der Waals surface area contributed by atoms with Crippen LogP contribution < -0.4 is 34.7 Å². The summed E-state index contributed by atoms with van der Waals surface area (Å²) in [5, 5.41) is 33.6. The zero-order valence-corrected chi connectivity index (χ0v) is 16.2. The number of hydrogen-bond acceptors (Lipinski definition) is 8. The van der Waals surface area contributed by atoms with Gasteiger partial charge < -0.3 is 19.9 Å². The molecule has 2 aliphatic heterocycles. The number of nitrogens with zero attached hydrogens (tertiary/aromatic N) is 5. The molecular weight excluding hydrogens is 345 g/mol. The second kappa shape index (κ2) is 7.36. The van der Waals surface area contributed by atoms with E-state index >= 15 is 0 Å². The van der Waals surface area contributed by atoms with Crippen LogP contribution in [0.1, 0.15) is 19.2 Å². The van der Waals surface area contributed by atoms with Crippen LogP contribution >= 0.6 is 11.8 Å². The summed E-state index contributed by atoms with van der Waals surface area (Å²) in [6.07, 6.45) is 1.17. The number of aryl methyl sites for hydroxylation is 1. The molecule has 1 saturated heterocycles. The van der Waals surface area contributed by atoms with E-state index < -0.39 is 18.0 Å². The topological polar surface area (TPSA) is 124 Å². The molecule has 1 aromatic heterocycles. The van der Waals surface area contributed by atoms with E-state index in [2.05, 4.69) is 15.5 Å². The second-order valence-electron chi connectivity index (χ2n) is 5.38. The average Bonchev–Trinajstić information content (AvgIpc) is 3.01. The minimum absolute atomic E-state index is 0. The molecule has 0 radical (unpaired) electrons. The van der Waals surface area contributed by atoms with Gasteiger partial charge >= 0.3 is 29.6 Å². The molecule has 11 heteroatoms. The molecule has 1 fully saturated rings. The van der Waals surface area contributed by atoms with E-state index in [9.17, 15) is 19.8 Å². The molecule has 3 rings (SSSR count). The Bertz CT molecular complexity index is 732. The quantitative estimate of drug-likeness (QED) is 0.414. The molecular formula is C13H14N5NaO4S. The molecule has 3 atom stereocenters. The van der Waals surface area contributed by atoms with Crippen LogP contribution in [0.3, 0.4) is 0 Å². The fourth-order valence-corrected chi connectivity index (χ4v) is 3.77. The number of tetrazole rings is 1. The third-order valence-corrected chi connectivity index (χ3v) is 4.85. The summed E-state index contributed by atoms with van der Waals surface area (Å²) < 4.78 is 1.44. The fraction of sp³-hybridized carbons (Fsp3) is 0.462. The number of carbonyl (C=O) groups is 2. The smallest absolute Gasteiger partial charge is 0.543 e. The van der Waals surface area contributed by atoms with Gasteiger partial charge in [0.1, 0.15) is 0 Å². The summed E-state index contributed by atoms with van der Waals surface area (Å²) in [4.78, 5) is 25.1. The maximum absolute atomic E-state index is 12.0. The number of thioether (sulfide) groups is 1. The maximum Gasteiger partial charge on any atom is 1.00 e. The van der Waals surface area contributed by atoms with Gasteiger partial charge in [-0.25, -0.2) is 4.68 Å². The van der Waals surface area contributed by atoms with Crippen molar-refractivity contribution in [2.45, 2.75) is 32.4 Å².